The highest BCUT2D eigenvalue weighted by Crippen LogP contribution is 2.28. The summed E-state index contributed by atoms with van der Waals surface area (Å²) in [6, 6.07) is 18.8. The van der Waals surface area contributed by atoms with Crippen LogP contribution in [0.4, 0.5) is 11.7 Å². The minimum atomic E-state index is -0.418. The smallest absolute Gasteiger partial charge is 0.295 e. The van der Waals surface area contributed by atoms with Crippen molar-refractivity contribution >= 4 is 27.6 Å². The van der Waals surface area contributed by atoms with Crippen LogP contribution >= 0.6 is 15.9 Å². The van der Waals surface area contributed by atoms with Gasteiger partial charge in [0.25, 0.3) is 11.6 Å². The van der Waals surface area contributed by atoms with Crippen molar-refractivity contribution < 1.29 is 4.42 Å². The molecular formula is C18H18BrN3O2. The molecule has 1 aromatic heterocycles. The molecule has 0 atom stereocenters. The third-order valence-corrected chi connectivity index (χ3v) is 3.70. The molecule has 0 aliphatic carbocycles. The Hall–Kier alpha value is -2.60. The maximum atomic E-state index is 10.5. The van der Waals surface area contributed by atoms with Crippen LogP contribution in [0.15, 0.2) is 74.5 Å². The fourth-order valence-electron chi connectivity index (χ4n) is 2.07. The first-order chi connectivity index (χ1) is 11.5. The molecule has 6 heteroatoms. The summed E-state index contributed by atoms with van der Waals surface area (Å²) in [4.78, 5) is 16.0. The molecule has 0 amide bonds. The highest BCUT2D eigenvalue weighted by Gasteiger charge is 2.04. The van der Waals surface area contributed by atoms with Crippen LogP contribution < -0.4 is 16.2 Å². The van der Waals surface area contributed by atoms with Crippen molar-refractivity contribution in [3.63, 3.8) is 0 Å². The molecule has 0 bridgehead atoms. The zero-order chi connectivity index (χ0) is 17.5. The molecule has 0 aliphatic rings. The second-order valence-corrected chi connectivity index (χ2v) is 5.97. The Morgan fingerprint density at radius 1 is 1.04 bits per heavy atom. The lowest BCUT2D eigenvalue weighted by molar-refractivity contribution is 0.544. The molecule has 0 saturated carbocycles. The molecule has 1 heterocycles. The molecule has 5 nitrogen and oxygen atoms in total. The lowest BCUT2D eigenvalue weighted by Gasteiger charge is -2.17. The number of anilines is 2. The summed E-state index contributed by atoms with van der Waals surface area (Å²) in [6.07, 6.45) is 1.20. The van der Waals surface area contributed by atoms with Crippen molar-refractivity contribution in [1.29, 1.82) is 0 Å². The Balaban J connectivity index is 0.000000198. The van der Waals surface area contributed by atoms with Crippen molar-refractivity contribution in [2.24, 2.45) is 0 Å². The van der Waals surface area contributed by atoms with E-state index in [1.54, 1.807) is 0 Å². The van der Waals surface area contributed by atoms with Crippen molar-refractivity contribution in [2.75, 3.05) is 24.7 Å². The summed E-state index contributed by atoms with van der Waals surface area (Å²) in [5.74, 6) is 0. The number of nitrogens with two attached hydrogens (primary N) is 1. The van der Waals surface area contributed by atoms with Crippen LogP contribution in [0.1, 0.15) is 0 Å². The number of nitrogens with zero attached hydrogens (tertiary/aromatic N) is 2. The second-order valence-electron chi connectivity index (χ2n) is 5.12. The number of nitrogen functional groups attached to an aromatic ring is 1. The normalized spacial score (nSPS) is 9.79. The maximum Gasteiger partial charge on any atom is 0.295 e. The third kappa shape index (κ3) is 4.70. The number of halogens is 1. The molecule has 0 fully saturated rings. The minimum absolute atomic E-state index is 0.122. The van der Waals surface area contributed by atoms with Crippen LogP contribution in [0, 0.1) is 0 Å². The van der Waals surface area contributed by atoms with E-state index in [1.165, 1.54) is 23.1 Å². The van der Waals surface area contributed by atoms with E-state index in [0.29, 0.717) is 0 Å². The average Bonchev–Trinajstić information content (AvgIpc) is 2.60. The highest BCUT2D eigenvalue weighted by atomic mass is 79.9. The van der Waals surface area contributed by atoms with Crippen LogP contribution in [0.5, 0.6) is 0 Å². The standard InChI is InChI=1S/C14H15N.C4H3BrN2O2/c1-15(2)14-11-7-6-10-13(14)12-8-4-3-5-9-12;5-2-1-9-4(6)7-3(2)8/h3-11H,1-2H3;1H,(H2,6,7,8). The van der Waals surface area contributed by atoms with Crippen molar-refractivity contribution in [2.45, 2.75) is 0 Å². The van der Waals surface area contributed by atoms with Crippen LogP contribution in [-0.2, 0) is 0 Å². The monoisotopic (exact) mass is 387 g/mol. The van der Waals surface area contributed by atoms with Gasteiger partial charge < -0.3 is 15.1 Å². The molecule has 0 spiro atoms. The molecule has 0 radical (unpaired) electrons. The number of hydrogen-bond acceptors (Lipinski definition) is 5. The SMILES string of the molecule is CN(C)c1ccccc1-c1ccccc1.Nc1nc(=O)c(Br)co1. The lowest BCUT2D eigenvalue weighted by atomic mass is 10.0. The van der Waals surface area contributed by atoms with Gasteiger partial charge in [-0.1, -0.05) is 48.5 Å². The molecule has 0 aliphatic heterocycles. The van der Waals surface area contributed by atoms with Gasteiger partial charge in [0, 0.05) is 25.3 Å². The predicted molar refractivity (Wildman–Crippen MR) is 101 cm³/mol. The highest BCUT2D eigenvalue weighted by molar-refractivity contribution is 9.10. The van der Waals surface area contributed by atoms with Crippen LogP contribution in [0.2, 0.25) is 0 Å². The Morgan fingerprint density at radius 3 is 2.25 bits per heavy atom. The van der Waals surface area contributed by atoms with Crippen LogP contribution in [-0.4, -0.2) is 19.1 Å². The van der Waals surface area contributed by atoms with E-state index in [2.05, 4.69) is 92.9 Å². The molecule has 2 N–H and O–H groups in total. The fraction of sp³-hybridized carbons (Fsp3) is 0.111. The van der Waals surface area contributed by atoms with Gasteiger partial charge in [-0.25, -0.2) is 0 Å². The van der Waals surface area contributed by atoms with Gasteiger partial charge in [-0.2, -0.15) is 4.98 Å². The molecule has 3 rings (SSSR count). The summed E-state index contributed by atoms with van der Waals surface area (Å²) >= 11 is 2.91. The number of para-hydroxylation sites is 1. The average molecular weight is 388 g/mol. The van der Waals surface area contributed by atoms with E-state index in [-0.39, 0.29) is 10.5 Å². The first-order valence-corrected chi connectivity index (χ1v) is 8.01. The first kappa shape index (κ1) is 17.7. The van der Waals surface area contributed by atoms with Crippen LogP contribution in [0.25, 0.3) is 11.1 Å². The minimum Gasteiger partial charge on any atom is -0.433 e. The summed E-state index contributed by atoms with van der Waals surface area (Å²) in [7, 11) is 4.14. The van der Waals surface area contributed by atoms with Gasteiger partial charge in [-0.15, -0.1) is 0 Å². The Kier molecular flexibility index (Phi) is 6.14. The largest absolute Gasteiger partial charge is 0.433 e. The first-order valence-electron chi connectivity index (χ1n) is 7.21. The van der Waals surface area contributed by atoms with E-state index >= 15 is 0 Å². The number of benzene rings is 2. The summed E-state index contributed by atoms with van der Waals surface area (Å²) in [6.45, 7) is 0. The predicted octanol–water partition coefficient (Wildman–Crippen LogP) is 3.80. The number of aromatic nitrogens is 1. The zero-order valence-electron chi connectivity index (χ0n) is 13.4. The zero-order valence-corrected chi connectivity index (χ0v) is 15.0. The van der Waals surface area contributed by atoms with Gasteiger partial charge in [-0.3, -0.25) is 4.79 Å². The van der Waals surface area contributed by atoms with Gasteiger partial charge in [0.1, 0.15) is 10.7 Å². The molecule has 0 unspecified atom stereocenters. The molecular weight excluding hydrogens is 370 g/mol. The second kappa shape index (κ2) is 8.31. The lowest BCUT2D eigenvalue weighted by Crippen LogP contribution is -2.09. The maximum absolute atomic E-state index is 10.5. The molecule has 0 saturated heterocycles. The number of hydrogen-bond donors (Lipinski definition) is 1. The Bertz CT molecular complexity index is 848. The summed E-state index contributed by atoms with van der Waals surface area (Å²) in [5, 5.41) is 0. The van der Waals surface area contributed by atoms with E-state index in [0.717, 1.165) is 0 Å². The quantitative estimate of drug-likeness (QED) is 0.723. The van der Waals surface area contributed by atoms with Gasteiger partial charge in [-0.05, 0) is 27.6 Å². The fourth-order valence-corrected chi connectivity index (χ4v) is 2.25. The molecule has 2 aromatic carbocycles. The van der Waals surface area contributed by atoms with Gasteiger partial charge >= 0.3 is 0 Å². The number of rotatable bonds is 2. The molecule has 24 heavy (non-hydrogen) atoms. The Labute approximate surface area is 148 Å². The molecule has 124 valence electrons. The van der Waals surface area contributed by atoms with Gasteiger partial charge in [0.05, 0.1) is 0 Å². The van der Waals surface area contributed by atoms with Crippen molar-refractivity contribution in [3.05, 3.63) is 75.7 Å². The van der Waals surface area contributed by atoms with Crippen LogP contribution in [0.3, 0.4) is 0 Å². The van der Waals surface area contributed by atoms with E-state index < -0.39 is 5.56 Å². The van der Waals surface area contributed by atoms with Gasteiger partial charge in [0.15, 0.2) is 0 Å². The summed E-state index contributed by atoms with van der Waals surface area (Å²) < 4.78 is 4.83. The van der Waals surface area contributed by atoms with Crippen molar-refractivity contribution in [1.82, 2.24) is 4.98 Å². The van der Waals surface area contributed by atoms with Gasteiger partial charge in [0.2, 0.25) is 0 Å². The Morgan fingerprint density at radius 2 is 1.67 bits per heavy atom. The summed E-state index contributed by atoms with van der Waals surface area (Å²) in [5.41, 5.74) is 8.41. The van der Waals surface area contributed by atoms with E-state index in [9.17, 15) is 4.79 Å². The third-order valence-electron chi connectivity index (χ3n) is 3.17. The topological polar surface area (TPSA) is 72.4 Å². The molecule has 3 aromatic rings. The van der Waals surface area contributed by atoms with E-state index in [1.807, 2.05) is 6.07 Å². The van der Waals surface area contributed by atoms with Crippen molar-refractivity contribution in [3.8, 4) is 11.1 Å². The van der Waals surface area contributed by atoms with E-state index in [4.69, 9.17) is 5.73 Å².